The van der Waals surface area contributed by atoms with Gasteiger partial charge in [0.05, 0.1) is 5.75 Å². The molecule has 0 amide bonds. The van der Waals surface area contributed by atoms with E-state index in [2.05, 4.69) is 0 Å². The van der Waals surface area contributed by atoms with Gasteiger partial charge in [0.1, 0.15) is 9.84 Å². The summed E-state index contributed by atoms with van der Waals surface area (Å²) in [4.78, 5) is 0. The van der Waals surface area contributed by atoms with Gasteiger partial charge in [0, 0.05) is 25.5 Å². The minimum absolute atomic E-state index is 0.00799. The Morgan fingerprint density at radius 1 is 1.43 bits per heavy atom. The van der Waals surface area contributed by atoms with E-state index in [1.807, 2.05) is 0 Å². The van der Waals surface area contributed by atoms with Crippen LogP contribution in [0, 0.1) is 5.92 Å². The monoisotopic (exact) mass is 221 g/mol. The molecule has 0 aromatic carbocycles. The SMILES string of the molecule is CS(=O)(=O)CCC(N)C1CCOCC1. The molecule has 0 aromatic heterocycles. The summed E-state index contributed by atoms with van der Waals surface area (Å²) in [6.45, 7) is 1.52. The second-order valence-electron chi connectivity index (χ2n) is 4.03. The predicted octanol–water partition coefficient (Wildman–Crippen LogP) is 0.175. The zero-order valence-corrected chi connectivity index (χ0v) is 9.42. The molecule has 0 spiro atoms. The Balaban J connectivity index is 2.30. The molecule has 5 heteroatoms. The van der Waals surface area contributed by atoms with Gasteiger partial charge in [-0.3, -0.25) is 0 Å². The second-order valence-corrected chi connectivity index (χ2v) is 6.29. The molecular weight excluding hydrogens is 202 g/mol. The lowest BCUT2D eigenvalue weighted by atomic mass is 9.91. The maximum Gasteiger partial charge on any atom is 0.147 e. The van der Waals surface area contributed by atoms with Crippen LogP contribution in [-0.4, -0.2) is 39.7 Å². The maximum atomic E-state index is 10.9. The highest BCUT2D eigenvalue weighted by molar-refractivity contribution is 7.90. The fourth-order valence-electron chi connectivity index (χ4n) is 1.73. The average Bonchev–Trinajstić information content (AvgIpc) is 2.14. The van der Waals surface area contributed by atoms with Gasteiger partial charge in [0.25, 0.3) is 0 Å². The third-order valence-corrected chi connectivity index (χ3v) is 3.67. The summed E-state index contributed by atoms with van der Waals surface area (Å²) >= 11 is 0. The smallest absolute Gasteiger partial charge is 0.147 e. The van der Waals surface area contributed by atoms with Crippen molar-refractivity contribution >= 4 is 9.84 Å². The minimum Gasteiger partial charge on any atom is -0.381 e. The van der Waals surface area contributed by atoms with Crippen LogP contribution in [-0.2, 0) is 14.6 Å². The number of sulfone groups is 1. The molecule has 0 radical (unpaired) electrons. The summed E-state index contributed by atoms with van der Waals surface area (Å²) in [6, 6.07) is 0.00799. The highest BCUT2D eigenvalue weighted by Crippen LogP contribution is 2.19. The highest BCUT2D eigenvalue weighted by atomic mass is 32.2. The standard InChI is InChI=1S/C9H19NO3S/c1-14(11,12)7-4-9(10)8-2-5-13-6-3-8/h8-9H,2-7,10H2,1H3. The van der Waals surface area contributed by atoms with Crippen molar-refractivity contribution in [2.75, 3.05) is 25.2 Å². The van der Waals surface area contributed by atoms with E-state index in [0.29, 0.717) is 12.3 Å². The lowest BCUT2D eigenvalue weighted by Crippen LogP contribution is -2.35. The molecule has 1 aliphatic rings. The lowest BCUT2D eigenvalue weighted by molar-refractivity contribution is 0.0581. The Kier molecular flexibility index (Phi) is 4.34. The van der Waals surface area contributed by atoms with Crippen LogP contribution in [0.4, 0.5) is 0 Å². The van der Waals surface area contributed by atoms with Crippen molar-refractivity contribution in [3.05, 3.63) is 0 Å². The fraction of sp³-hybridized carbons (Fsp3) is 1.00. The Morgan fingerprint density at radius 3 is 2.50 bits per heavy atom. The van der Waals surface area contributed by atoms with Gasteiger partial charge in [-0.05, 0) is 25.2 Å². The second kappa shape index (κ2) is 5.09. The van der Waals surface area contributed by atoms with Crippen molar-refractivity contribution < 1.29 is 13.2 Å². The van der Waals surface area contributed by atoms with Gasteiger partial charge in [-0.1, -0.05) is 0 Å². The molecule has 0 aliphatic carbocycles. The lowest BCUT2D eigenvalue weighted by Gasteiger charge is -2.27. The number of rotatable bonds is 4. The molecule has 1 fully saturated rings. The molecule has 1 heterocycles. The summed E-state index contributed by atoms with van der Waals surface area (Å²) in [6.07, 6.45) is 3.75. The van der Waals surface area contributed by atoms with Crippen LogP contribution in [0.25, 0.3) is 0 Å². The van der Waals surface area contributed by atoms with Gasteiger partial charge in [-0.25, -0.2) is 8.42 Å². The summed E-state index contributed by atoms with van der Waals surface area (Å²) in [5, 5.41) is 0. The van der Waals surface area contributed by atoms with E-state index in [0.717, 1.165) is 26.1 Å². The van der Waals surface area contributed by atoms with E-state index in [-0.39, 0.29) is 11.8 Å². The Hall–Kier alpha value is -0.130. The third kappa shape index (κ3) is 4.39. The zero-order valence-electron chi connectivity index (χ0n) is 8.61. The number of nitrogens with two attached hydrogens (primary N) is 1. The van der Waals surface area contributed by atoms with E-state index in [9.17, 15) is 8.42 Å². The van der Waals surface area contributed by atoms with Crippen molar-refractivity contribution in [1.29, 1.82) is 0 Å². The molecule has 4 nitrogen and oxygen atoms in total. The third-order valence-electron chi connectivity index (χ3n) is 2.69. The van der Waals surface area contributed by atoms with Crippen LogP contribution in [0.3, 0.4) is 0 Å². The minimum atomic E-state index is -2.87. The number of hydrogen-bond donors (Lipinski definition) is 1. The predicted molar refractivity (Wildman–Crippen MR) is 55.8 cm³/mol. The first-order valence-electron chi connectivity index (χ1n) is 5.00. The van der Waals surface area contributed by atoms with Crippen LogP contribution >= 0.6 is 0 Å². The van der Waals surface area contributed by atoms with Gasteiger partial charge < -0.3 is 10.5 Å². The van der Waals surface area contributed by atoms with E-state index in [4.69, 9.17) is 10.5 Å². The van der Waals surface area contributed by atoms with E-state index < -0.39 is 9.84 Å². The quantitative estimate of drug-likeness (QED) is 0.735. The normalized spacial score (nSPS) is 22.1. The van der Waals surface area contributed by atoms with Crippen molar-refractivity contribution in [1.82, 2.24) is 0 Å². The number of ether oxygens (including phenoxy) is 1. The molecule has 1 aliphatic heterocycles. The molecule has 1 unspecified atom stereocenters. The first-order valence-corrected chi connectivity index (χ1v) is 7.06. The molecule has 1 atom stereocenters. The van der Waals surface area contributed by atoms with Gasteiger partial charge >= 0.3 is 0 Å². The molecular formula is C9H19NO3S. The molecule has 2 N–H and O–H groups in total. The van der Waals surface area contributed by atoms with Crippen LogP contribution < -0.4 is 5.73 Å². The zero-order chi connectivity index (χ0) is 10.6. The van der Waals surface area contributed by atoms with Crippen LogP contribution in [0.5, 0.6) is 0 Å². The first-order chi connectivity index (χ1) is 6.49. The molecule has 1 rings (SSSR count). The highest BCUT2D eigenvalue weighted by Gasteiger charge is 2.21. The summed E-state index contributed by atoms with van der Waals surface area (Å²) in [7, 11) is -2.87. The first kappa shape index (κ1) is 11.9. The Bertz CT molecular complexity index is 257. The summed E-state index contributed by atoms with van der Waals surface area (Å²) < 4.78 is 27.1. The van der Waals surface area contributed by atoms with Crippen molar-refractivity contribution in [2.45, 2.75) is 25.3 Å². The topological polar surface area (TPSA) is 69.4 Å². The van der Waals surface area contributed by atoms with Gasteiger partial charge in [-0.2, -0.15) is 0 Å². The molecule has 0 aromatic rings. The average molecular weight is 221 g/mol. The van der Waals surface area contributed by atoms with Gasteiger partial charge in [0.2, 0.25) is 0 Å². The van der Waals surface area contributed by atoms with Crippen LogP contribution in [0.15, 0.2) is 0 Å². The van der Waals surface area contributed by atoms with Gasteiger partial charge in [0.15, 0.2) is 0 Å². The van der Waals surface area contributed by atoms with Crippen molar-refractivity contribution in [3.8, 4) is 0 Å². The van der Waals surface area contributed by atoms with Crippen molar-refractivity contribution in [2.24, 2.45) is 11.7 Å². The van der Waals surface area contributed by atoms with Gasteiger partial charge in [-0.15, -0.1) is 0 Å². The molecule has 0 saturated carbocycles. The molecule has 14 heavy (non-hydrogen) atoms. The Labute approximate surface area is 85.7 Å². The summed E-state index contributed by atoms with van der Waals surface area (Å²) in [5.74, 6) is 0.636. The molecule has 84 valence electrons. The van der Waals surface area contributed by atoms with E-state index in [1.54, 1.807) is 0 Å². The van der Waals surface area contributed by atoms with Crippen LogP contribution in [0.1, 0.15) is 19.3 Å². The Morgan fingerprint density at radius 2 is 2.00 bits per heavy atom. The van der Waals surface area contributed by atoms with E-state index >= 15 is 0 Å². The number of hydrogen-bond acceptors (Lipinski definition) is 4. The fourth-order valence-corrected chi connectivity index (χ4v) is 2.43. The molecule has 0 bridgehead atoms. The molecule has 1 saturated heterocycles. The van der Waals surface area contributed by atoms with E-state index in [1.165, 1.54) is 6.26 Å². The maximum absolute atomic E-state index is 10.9. The summed E-state index contributed by atoms with van der Waals surface area (Å²) in [5.41, 5.74) is 5.94. The van der Waals surface area contributed by atoms with Crippen LogP contribution in [0.2, 0.25) is 0 Å². The largest absolute Gasteiger partial charge is 0.381 e. The van der Waals surface area contributed by atoms with Crippen molar-refractivity contribution in [3.63, 3.8) is 0 Å².